The second kappa shape index (κ2) is 6.27. The van der Waals surface area contributed by atoms with Crippen LogP contribution in [0, 0.1) is 13.8 Å². The van der Waals surface area contributed by atoms with Crippen molar-refractivity contribution in [3.63, 3.8) is 0 Å². The van der Waals surface area contributed by atoms with Gasteiger partial charge in [0.1, 0.15) is 5.76 Å². The number of nitrogens with one attached hydrogen (secondary N) is 1. The number of likely N-dealkylation sites (N-methyl/N-ethyl adjacent to an activating group) is 1. The fourth-order valence-corrected chi connectivity index (χ4v) is 2.35. The van der Waals surface area contributed by atoms with E-state index in [9.17, 15) is 0 Å². The quantitative estimate of drug-likeness (QED) is 0.874. The Hall–Kier alpha value is -1.25. The van der Waals surface area contributed by atoms with E-state index in [0.29, 0.717) is 5.22 Å². The number of halogens is 1. The number of rotatable bonds is 5. The third-order valence-electron chi connectivity index (χ3n) is 3.40. The first-order chi connectivity index (χ1) is 9.10. The average molecular weight is 278 g/mol. The lowest BCUT2D eigenvalue weighted by Gasteiger charge is -2.16. The molecule has 0 aliphatic rings. The highest BCUT2D eigenvalue weighted by atomic mass is 35.5. The van der Waals surface area contributed by atoms with Gasteiger partial charge in [0.15, 0.2) is 5.22 Å². The number of hydrogen-bond donors (Lipinski definition) is 1. The van der Waals surface area contributed by atoms with Crippen molar-refractivity contribution < 1.29 is 4.42 Å². The van der Waals surface area contributed by atoms with Gasteiger partial charge in [-0.3, -0.25) is 0 Å². The van der Waals surface area contributed by atoms with Crippen molar-refractivity contribution in [3.05, 3.63) is 58.0 Å². The highest BCUT2D eigenvalue weighted by Crippen LogP contribution is 2.24. The van der Waals surface area contributed by atoms with Crippen molar-refractivity contribution in [1.82, 2.24) is 5.32 Å². The summed E-state index contributed by atoms with van der Waals surface area (Å²) in [6.45, 7) is 7.27. The third-order valence-corrected chi connectivity index (χ3v) is 3.60. The molecule has 102 valence electrons. The molecule has 1 aromatic heterocycles. The van der Waals surface area contributed by atoms with E-state index in [1.807, 2.05) is 6.07 Å². The van der Waals surface area contributed by atoms with Crippen molar-refractivity contribution in [1.29, 1.82) is 0 Å². The molecule has 0 fully saturated rings. The molecule has 1 atom stereocenters. The van der Waals surface area contributed by atoms with Gasteiger partial charge in [-0.05, 0) is 67.2 Å². The maximum absolute atomic E-state index is 5.86. The molecule has 3 heteroatoms. The molecular weight excluding hydrogens is 258 g/mol. The van der Waals surface area contributed by atoms with Crippen LogP contribution in [0.5, 0.6) is 0 Å². The second-order valence-corrected chi connectivity index (χ2v) is 5.25. The van der Waals surface area contributed by atoms with Gasteiger partial charge in [0.05, 0.1) is 6.04 Å². The van der Waals surface area contributed by atoms with Gasteiger partial charge in [-0.1, -0.05) is 25.1 Å². The zero-order valence-corrected chi connectivity index (χ0v) is 12.4. The summed E-state index contributed by atoms with van der Waals surface area (Å²) in [5.41, 5.74) is 3.96. The predicted octanol–water partition coefficient (Wildman–Crippen LogP) is 4.44. The number of benzene rings is 1. The zero-order valence-electron chi connectivity index (χ0n) is 11.7. The van der Waals surface area contributed by atoms with Crippen LogP contribution < -0.4 is 5.32 Å². The Morgan fingerprint density at radius 1 is 1.16 bits per heavy atom. The summed E-state index contributed by atoms with van der Waals surface area (Å²) in [7, 11) is 0. The summed E-state index contributed by atoms with van der Waals surface area (Å²) in [6.07, 6.45) is 0.902. The molecule has 19 heavy (non-hydrogen) atoms. The van der Waals surface area contributed by atoms with Crippen LogP contribution in [0.1, 0.15) is 35.4 Å². The van der Waals surface area contributed by atoms with Gasteiger partial charge in [-0.2, -0.15) is 0 Å². The molecule has 1 N–H and O–H groups in total. The number of hydrogen-bond acceptors (Lipinski definition) is 2. The van der Waals surface area contributed by atoms with Gasteiger partial charge in [0, 0.05) is 0 Å². The van der Waals surface area contributed by atoms with E-state index in [4.69, 9.17) is 16.0 Å². The van der Waals surface area contributed by atoms with E-state index >= 15 is 0 Å². The van der Waals surface area contributed by atoms with Crippen LogP contribution in [0.4, 0.5) is 0 Å². The molecule has 2 aromatic rings. The Balaban J connectivity index is 2.18. The molecule has 0 aliphatic heterocycles. The molecule has 0 spiro atoms. The van der Waals surface area contributed by atoms with Gasteiger partial charge in [0.25, 0.3) is 0 Å². The lowest BCUT2D eigenvalue weighted by molar-refractivity contribution is 0.417. The Morgan fingerprint density at radius 2 is 1.95 bits per heavy atom. The maximum atomic E-state index is 5.86. The van der Waals surface area contributed by atoms with Crippen molar-refractivity contribution in [2.24, 2.45) is 0 Å². The summed E-state index contributed by atoms with van der Waals surface area (Å²) in [6, 6.07) is 10.5. The van der Waals surface area contributed by atoms with Gasteiger partial charge in [-0.15, -0.1) is 0 Å². The molecule has 0 radical (unpaired) electrons. The SMILES string of the molecule is CCNC(Cc1ccc(C)c(C)c1)c1ccc(Cl)o1. The van der Waals surface area contributed by atoms with Crippen molar-refractivity contribution >= 4 is 11.6 Å². The Kier molecular flexibility index (Phi) is 4.67. The van der Waals surface area contributed by atoms with E-state index in [-0.39, 0.29) is 6.04 Å². The molecule has 2 nitrogen and oxygen atoms in total. The molecule has 0 aliphatic carbocycles. The first-order valence-electron chi connectivity index (χ1n) is 6.65. The smallest absolute Gasteiger partial charge is 0.193 e. The van der Waals surface area contributed by atoms with Crippen LogP contribution >= 0.6 is 11.6 Å². The highest BCUT2D eigenvalue weighted by molar-refractivity contribution is 6.28. The monoisotopic (exact) mass is 277 g/mol. The minimum Gasteiger partial charge on any atom is -0.448 e. The van der Waals surface area contributed by atoms with E-state index in [0.717, 1.165) is 18.7 Å². The molecule has 1 unspecified atom stereocenters. The van der Waals surface area contributed by atoms with E-state index < -0.39 is 0 Å². The number of furan rings is 1. The molecule has 1 heterocycles. The molecule has 0 amide bonds. The standard InChI is InChI=1S/C16H20ClNO/c1-4-18-14(15-7-8-16(17)19-15)10-13-6-5-11(2)12(3)9-13/h5-9,14,18H,4,10H2,1-3H3. The average Bonchev–Trinajstić information content (AvgIpc) is 2.80. The minimum atomic E-state index is 0.166. The van der Waals surface area contributed by atoms with E-state index in [2.05, 4.69) is 44.3 Å². The summed E-state index contributed by atoms with van der Waals surface area (Å²) >= 11 is 5.86. The normalized spacial score (nSPS) is 12.6. The lowest BCUT2D eigenvalue weighted by atomic mass is 10.00. The van der Waals surface area contributed by atoms with Crippen molar-refractivity contribution in [2.75, 3.05) is 6.54 Å². The molecule has 0 bridgehead atoms. The van der Waals surface area contributed by atoms with E-state index in [1.165, 1.54) is 16.7 Å². The third kappa shape index (κ3) is 3.62. The summed E-state index contributed by atoms with van der Waals surface area (Å²) < 4.78 is 5.53. The highest BCUT2D eigenvalue weighted by Gasteiger charge is 2.15. The summed E-state index contributed by atoms with van der Waals surface area (Å²) in [5, 5.41) is 3.88. The topological polar surface area (TPSA) is 25.2 Å². The second-order valence-electron chi connectivity index (χ2n) is 4.87. The van der Waals surface area contributed by atoms with Crippen LogP contribution in [0.15, 0.2) is 34.7 Å². The van der Waals surface area contributed by atoms with Crippen LogP contribution in [-0.2, 0) is 6.42 Å². The van der Waals surface area contributed by atoms with Gasteiger partial charge < -0.3 is 9.73 Å². The van der Waals surface area contributed by atoms with Crippen LogP contribution in [0.3, 0.4) is 0 Å². The summed E-state index contributed by atoms with van der Waals surface area (Å²) in [5.74, 6) is 0.894. The molecule has 0 saturated heterocycles. The fraction of sp³-hybridized carbons (Fsp3) is 0.375. The molecular formula is C16H20ClNO. The van der Waals surface area contributed by atoms with Gasteiger partial charge >= 0.3 is 0 Å². The largest absolute Gasteiger partial charge is 0.448 e. The van der Waals surface area contributed by atoms with Gasteiger partial charge in [0.2, 0.25) is 0 Å². The molecule has 0 saturated carbocycles. The van der Waals surface area contributed by atoms with Crippen molar-refractivity contribution in [2.45, 2.75) is 33.2 Å². The van der Waals surface area contributed by atoms with Crippen molar-refractivity contribution in [3.8, 4) is 0 Å². The zero-order chi connectivity index (χ0) is 13.8. The van der Waals surface area contributed by atoms with Gasteiger partial charge in [-0.25, -0.2) is 0 Å². The first-order valence-corrected chi connectivity index (χ1v) is 7.02. The Bertz CT molecular complexity index is 547. The van der Waals surface area contributed by atoms with E-state index in [1.54, 1.807) is 6.07 Å². The maximum Gasteiger partial charge on any atom is 0.193 e. The molecule has 2 rings (SSSR count). The van der Waals surface area contributed by atoms with Crippen LogP contribution in [0.25, 0.3) is 0 Å². The number of aryl methyl sites for hydroxylation is 2. The Morgan fingerprint density at radius 3 is 2.53 bits per heavy atom. The minimum absolute atomic E-state index is 0.166. The van der Waals surface area contributed by atoms with Crippen LogP contribution in [-0.4, -0.2) is 6.54 Å². The fourth-order valence-electron chi connectivity index (χ4n) is 2.20. The first kappa shape index (κ1) is 14.2. The van der Waals surface area contributed by atoms with Crippen LogP contribution in [0.2, 0.25) is 5.22 Å². The molecule has 1 aromatic carbocycles. The predicted molar refractivity (Wildman–Crippen MR) is 79.8 cm³/mol. The lowest BCUT2D eigenvalue weighted by Crippen LogP contribution is -2.22. The Labute approximate surface area is 119 Å². The summed E-state index contributed by atoms with van der Waals surface area (Å²) in [4.78, 5) is 0.